The number of nitrogens with zero attached hydrogens (tertiary/aromatic N) is 2. The first-order chi connectivity index (χ1) is 25.0. The number of esters is 2. The van der Waals surface area contributed by atoms with Crippen molar-refractivity contribution in [3.63, 3.8) is 0 Å². The molecule has 3 unspecified atom stereocenters. The molecule has 6 atom stereocenters. The highest BCUT2D eigenvalue weighted by molar-refractivity contribution is 5.87. The Morgan fingerprint density at radius 1 is 0.481 bits per heavy atom. The molecule has 0 saturated carbocycles. The van der Waals surface area contributed by atoms with Crippen molar-refractivity contribution >= 4 is 11.9 Å². The Kier molecular flexibility index (Phi) is 30.0. The summed E-state index contributed by atoms with van der Waals surface area (Å²) >= 11 is 0. The van der Waals surface area contributed by atoms with Crippen LogP contribution in [-0.2, 0) is 19.1 Å². The maximum Gasteiger partial charge on any atom is 0.348 e. The Hall–Kier alpha value is -1.30. The van der Waals surface area contributed by atoms with Crippen LogP contribution in [0.5, 0.6) is 0 Å². The quantitative estimate of drug-likeness (QED) is 0.0382. The van der Waals surface area contributed by atoms with Crippen LogP contribution in [0.3, 0.4) is 0 Å². The minimum absolute atomic E-state index is 0.381. The van der Waals surface area contributed by atoms with Gasteiger partial charge in [0, 0.05) is 26.2 Å². The lowest BCUT2D eigenvalue weighted by Crippen LogP contribution is -2.44. The van der Waals surface area contributed by atoms with Crippen molar-refractivity contribution in [1.29, 1.82) is 0 Å². The van der Waals surface area contributed by atoms with Gasteiger partial charge in [-0.1, -0.05) is 117 Å². The topological polar surface area (TPSA) is 140 Å². The minimum atomic E-state index is -0.898. The number of hydrogen-bond donors (Lipinski definition) is 4. The first-order valence-corrected chi connectivity index (χ1v) is 21.6. The lowest BCUT2D eigenvalue weighted by atomic mass is 10.0. The minimum Gasteiger partial charge on any atom is -0.448 e. The average Bonchev–Trinajstić information content (AvgIpc) is 3.08. The van der Waals surface area contributed by atoms with Crippen LogP contribution in [0.15, 0.2) is 0 Å². The monoisotopic (exact) mass is 743 g/mol. The van der Waals surface area contributed by atoms with Crippen molar-refractivity contribution in [2.75, 3.05) is 39.3 Å². The van der Waals surface area contributed by atoms with Gasteiger partial charge in [0.15, 0.2) is 12.2 Å². The van der Waals surface area contributed by atoms with Crippen LogP contribution >= 0.6 is 0 Å². The number of cyclic esters (lactones) is 2. The predicted molar refractivity (Wildman–Crippen MR) is 210 cm³/mol. The largest absolute Gasteiger partial charge is 0.448 e. The normalized spacial score (nSPS) is 18.8. The molecule has 4 N–H and O–H groups in total. The highest BCUT2D eigenvalue weighted by Gasteiger charge is 2.37. The van der Waals surface area contributed by atoms with Gasteiger partial charge in [-0.2, -0.15) is 0 Å². The zero-order valence-corrected chi connectivity index (χ0v) is 34.0. The van der Waals surface area contributed by atoms with Crippen molar-refractivity contribution in [1.82, 2.24) is 9.80 Å². The Balaban J connectivity index is 2.48. The third kappa shape index (κ3) is 26.5. The van der Waals surface area contributed by atoms with E-state index in [9.17, 15) is 30.0 Å². The van der Waals surface area contributed by atoms with E-state index in [1.807, 2.05) is 4.90 Å². The van der Waals surface area contributed by atoms with Gasteiger partial charge in [0.25, 0.3) is 0 Å². The molecular formula is C42H82N2O8. The number of rotatable bonds is 36. The summed E-state index contributed by atoms with van der Waals surface area (Å²) in [5.74, 6) is -0.989. The molecule has 308 valence electrons. The van der Waals surface area contributed by atoms with E-state index >= 15 is 0 Å². The van der Waals surface area contributed by atoms with Gasteiger partial charge in [0.05, 0.1) is 24.4 Å². The summed E-state index contributed by atoms with van der Waals surface area (Å²) in [5, 5.41) is 41.3. The maximum atomic E-state index is 12.7. The number of aliphatic hydroxyl groups excluding tert-OH is 4. The van der Waals surface area contributed by atoms with E-state index in [4.69, 9.17) is 9.47 Å². The lowest BCUT2D eigenvalue weighted by molar-refractivity contribution is -0.196. The summed E-state index contributed by atoms with van der Waals surface area (Å²) in [4.78, 5) is 29.6. The molecule has 0 radical (unpaired) electrons. The standard InChI is InChI=1S/C42H82N2O8/c1-5-7-9-11-13-15-17-19-25-37(47)33-44(34-38(48)26-20-18-16-14-12-10-8-6-2)30-24-22-28-40-42(50)51-39(41(49)52-40)27-21-23-29-43(31-35(3)45)32-36(4)46/h35-40,45-48H,5-34H2,1-4H3/t35-,36-,37-,38?,39?,40?/m1/s1. The third-order valence-corrected chi connectivity index (χ3v) is 10.2. The number of carbonyl (C=O) groups excluding carboxylic acids is 2. The van der Waals surface area contributed by atoms with Gasteiger partial charge in [0.2, 0.25) is 0 Å². The van der Waals surface area contributed by atoms with Crippen molar-refractivity contribution in [3.05, 3.63) is 0 Å². The lowest BCUT2D eigenvalue weighted by Gasteiger charge is -2.29. The van der Waals surface area contributed by atoms with E-state index in [0.29, 0.717) is 65.0 Å². The predicted octanol–water partition coefficient (Wildman–Crippen LogP) is 7.31. The van der Waals surface area contributed by atoms with Crippen molar-refractivity contribution in [3.8, 4) is 0 Å². The molecule has 1 rings (SSSR count). The van der Waals surface area contributed by atoms with Crippen LogP contribution in [0.4, 0.5) is 0 Å². The van der Waals surface area contributed by atoms with Gasteiger partial charge in [0.1, 0.15) is 0 Å². The molecule has 10 heteroatoms. The Morgan fingerprint density at radius 3 is 1.15 bits per heavy atom. The zero-order chi connectivity index (χ0) is 38.4. The molecule has 1 fully saturated rings. The van der Waals surface area contributed by atoms with Crippen LogP contribution < -0.4 is 0 Å². The molecule has 0 aliphatic carbocycles. The van der Waals surface area contributed by atoms with E-state index in [0.717, 1.165) is 51.4 Å². The van der Waals surface area contributed by atoms with Crippen LogP contribution in [0.2, 0.25) is 0 Å². The second kappa shape index (κ2) is 32.0. The van der Waals surface area contributed by atoms with E-state index in [1.54, 1.807) is 13.8 Å². The average molecular weight is 743 g/mol. The molecule has 0 aromatic carbocycles. The molecular weight excluding hydrogens is 660 g/mol. The smallest absolute Gasteiger partial charge is 0.348 e. The SMILES string of the molecule is CCCCCCCCCCC(O)CN(CCCCC1OC(=O)C(CCCCN(C[C@@H](C)O)C[C@@H](C)O)OC1=O)C[C@H](O)CCCCCCCCCC. The number of aliphatic hydroxyl groups is 4. The van der Waals surface area contributed by atoms with Gasteiger partial charge < -0.3 is 29.9 Å². The Bertz CT molecular complexity index is 822. The summed E-state index contributed by atoms with van der Waals surface area (Å²) < 4.78 is 11.0. The second-order valence-electron chi connectivity index (χ2n) is 15.9. The Morgan fingerprint density at radius 2 is 0.808 bits per heavy atom. The summed E-state index contributed by atoms with van der Waals surface area (Å²) in [5.41, 5.74) is 0. The summed E-state index contributed by atoms with van der Waals surface area (Å²) in [6.45, 7) is 11.3. The van der Waals surface area contributed by atoms with Gasteiger partial charge in [-0.05, 0) is 78.3 Å². The van der Waals surface area contributed by atoms with Gasteiger partial charge >= 0.3 is 11.9 Å². The Labute approximate surface area is 318 Å². The molecule has 0 aromatic rings. The fourth-order valence-corrected chi connectivity index (χ4v) is 7.28. The van der Waals surface area contributed by atoms with E-state index in [2.05, 4.69) is 18.7 Å². The first-order valence-electron chi connectivity index (χ1n) is 21.6. The summed E-state index contributed by atoms with van der Waals surface area (Å²) in [6, 6.07) is 0. The maximum absolute atomic E-state index is 12.7. The highest BCUT2D eigenvalue weighted by atomic mass is 16.6. The van der Waals surface area contributed by atoms with Gasteiger partial charge in [-0.15, -0.1) is 0 Å². The van der Waals surface area contributed by atoms with Crippen LogP contribution in [0.25, 0.3) is 0 Å². The molecule has 10 nitrogen and oxygen atoms in total. The fraction of sp³-hybridized carbons (Fsp3) is 0.952. The number of hydrogen-bond acceptors (Lipinski definition) is 10. The van der Waals surface area contributed by atoms with E-state index < -0.39 is 48.6 Å². The molecule has 1 aliphatic heterocycles. The van der Waals surface area contributed by atoms with Gasteiger partial charge in [-0.3, -0.25) is 9.80 Å². The van der Waals surface area contributed by atoms with Gasteiger partial charge in [-0.25, -0.2) is 9.59 Å². The highest BCUT2D eigenvalue weighted by Crippen LogP contribution is 2.20. The van der Waals surface area contributed by atoms with Crippen molar-refractivity contribution in [2.24, 2.45) is 0 Å². The van der Waals surface area contributed by atoms with E-state index in [1.165, 1.54) is 77.0 Å². The number of carbonyl (C=O) groups is 2. The van der Waals surface area contributed by atoms with Crippen molar-refractivity contribution < 1.29 is 39.5 Å². The molecule has 1 saturated heterocycles. The summed E-state index contributed by atoms with van der Waals surface area (Å²) in [6.07, 6.45) is 21.2. The van der Waals surface area contributed by atoms with Crippen molar-refractivity contribution in [2.45, 2.75) is 218 Å². The molecule has 0 bridgehead atoms. The molecule has 1 heterocycles. The number of unbranched alkanes of at least 4 members (excludes halogenated alkanes) is 16. The molecule has 0 amide bonds. The van der Waals surface area contributed by atoms with Crippen LogP contribution in [0, 0.1) is 0 Å². The first kappa shape index (κ1) is 48.7. The third-order valence-electron chi connectivity index (χ3n) is 10.2. The zero-order valence-electron chi connectivity index (χ0n) is 34.0. The molecule has 52 heavy (non-hydrogen) atoms. The fourth-order valence-electron chi connectivity index (χ4n) is 7.28. The van der Waals surface area contributed by atoms with E-state index in [-0.39, 0.29) is 0 Å². The molecule has 0 aromatic heterocycles. The molecule has 1 aliphatic rings. The van der Waals surface area contributed by atoms with Crippen LogP contribution in [-0.4, -0.2) is 118 Å². The van der Waals surface area contributed by atoms with Crippen LogP contribution in [0.1, 0.15) is 182 Å². The second-order valence-corrected chi connectivity index (χ2v) is 15.9. The number of ether oxygens (including phenoxy) is 2. The summed E-state index contributed by atoms with van der Waals surface area (Å²) in [7, 11) is 0. The molecule has 0 spiro atoms.